The van der Waals surface area contributed by atoms with E-state index in [0.29, 0.717) is 0 Å². The summed E-state index contributed by atoms with van der Waals surface area (Å²) in [4.78, 5) is 0. The topological polar surface area (TPSA) is 0 Å². The first-order valence-corrected chi connectivity index (χ1v) is 62.4. The molecule has 0 radical (unpaired) electrons. The molecule has 0 heterocycles. The molecule has 0 nitrogen and oxygen atoms in total. The monoisotopic (exact) mass is 1730 g/mol. The van der Waals surface area contributed by atoms with Crippen LogP contribution in [-0.2, 0) is 0 Å². The lowest BCUT2D eigenvalue weighted by molar-refractivity contribution is -0.0786. The van der Waals surface area contributed by atoms with Gasteiger partial charge in [-0.3, -0.25) is 0 Å². The maximum Gasteiger partial charge on any atom is -0.0297 e. The molecule has 29 aliphatic rings. The molecule has 0 saturated heterocycles. The van der Waals surface area contributed by atoms with Crippen LogP contribution in [0.25, 0.3) is 0 Å². The average Bonchev–Trinajstić information content (AvgIpc) is 1.68. The Balaban J connectivity index is 0.0000000876. The molecule has 29 aliphatic carbocycles. The molecule has 0 aromatic rings. The summed E-state index contributed by atoms with van der Waals surface area (Å²) in [6, 6.07) is 0. The Morgan fingerprint density at radius 1 is 0.0873 bits per heavy atom. The molecule has 0 heteroatoms. The van der Waals surface area contributed by atoms with Crippen LogP contribution in [0.5, 0.6) is 0 Å². The minimum Gasteiger partial charge on any atom is -0.0533 e. The SMILES string of the molecule is C1CC2CCCC2C2CC2C1.C1CC2CCCC3CCC(C1)C23.C1CCC2(CC1)CC2.C1CCC2(CC1)CCCC2.C1CCC2C(C1)CCC1C2CCC2C3CCCCC3CCC21.C1CCC2C(C1)CCC1C3CCCC3CCC21.C1CCC2C(C1)CCC1C3CCCCC3CCC21.C1CCC2C(C1)CCC1CCCCC12.C1CCC2CC3CCCCC3CC2C1. The number of hydrogen-bond acceptors (Lipinski definition) is 0. The zero-order valence-corrected chi connectivity index (χ0v) is 84.0. The predicted octanol–water partition coefficient (Wildman–Crippen LogP) is 38.8. The Labute approximate surface area is 783 Å². The molecule has 126 heavy (non-hydrogen) atoms. The summed E-state index contributed by atoms with van der Waals surface area (Å²) in [7, 11) is 0. The van der Waals surface area contributed by atoms with E-state index in [0.717, 1.165) is 93.7 Å². The van der Waals surface area contributed by atoms with E-state index in [1.165, 1.54) is 182 Å². The molecule has 2 spiro atoms. The van der Waals surface area contributed by atoms with Crippen LogP contribution in [-0.4, -0.2) is 0 Å². The van der Waals surface area contributed by atoms with Gasteiger partial charge in [-0.05, 0) is 468 Å². The second kappa shape index (κ2) is 44.4. The average molecular weight is 1730 g/mol. The minimum atomic E-state index is 0.873. The molecule has 716 valence electrons. The first-order valence-electron chi connectivity index (χ1n) is 62.4. The van der Waals surface area contributed by atoms with Gasteiger partial charge in [-0.25, -0.2) is 0 Å². The summed E-state index contributed by atoms with van der Waals surface area (Å²) in [5.41, 5.74) is 1.80. The molecule has 0 aromatic carbocycles. The zero-order chi connectivity index (χ0) is 84.0. The number of rotatable bonds is 0. The van der Waals surface area contributed by atoms with Gasteiger partial charge in [-0.15, -0.1) is 0 Å². The molecular formula is C126H212. The lowest BCUT2D eigenvalue weighted by atomic mass is 9.48. The highest BCUT2D eigenvalue weighted by Gasteiger charge is 2.56. The standard InChI is InChI=1S/C22H36.C18H30.C17H28.2C14H24.C12H20.C11H18.C10H18.C8H14/c1-3-7-17-15(5-1)9-11-21-19(17)13-14-20-18-8-4-2-6-16(18)10-12-22(20)21;1-3-7-15-13(5-1)9-11-18-16-8-4-2-6-14(16)10-12-17(15)18;1-2-6-14-12(4-1)8-10-17-15-7-3-5-13(15)9-11-16(14)17;1-3-7-13-11(5-1)9-10-12-6-2-4-8-14(12)13;1-2-6-12-10-14-8-4-3-7-13(14)9-11(12)5-1;1-3-9-4-2-6-11-8-7-10(5-1)12(9)11;1-3-8-4-2-6-10(8)11-7-9(11)5-1;1-2-6-10(7-3-1)8-4-5-9-10;1-2-4-8(5-3-1)6-7-8/h15-22H,1-14H2;13-18H,1-12H2;12-17H,1-11H2;2*11-14H,1-10H2;9-12H,1-8H2;8-11H,1-7H2;1-9H2;1-7H2. The van der Waals surface area contributed by atoms with Crippen molar-refractivity contribution in [3.63, 3.8) is 0 Å². The van der Waals surface area contributed by atoms with E-state index in [9.17, 15) is 0 Å². The van der Waals surface area contributed by atoms with E-state index < -0.39 is 0 Å². The first kappa shape index (κ1) is 92.4. The van der Waals surface area contributed by atoms with Crippen LogP contribution in [0.3, 0.4) is 0 Å². The Hall–Kier alpha value is 0. The van der Waals surface area contributed by atoms with Crippen LogP contribution in [0.4, 0.5) is 0 Å². The summed E-state index contributed by atoms with van der Waals surface area (Å²) in [6.07, 6.45) is 139. The van der Waals surface area contributed by atoms with Gasteiger partial charge < -0.3 is 0 Å². The molecule has 0 bridgehead atoms. The van der Waals surface area contributed by atoms with Crippen molar-refractivity contribution in [3.8, 4) is 0 Å². The highest BCUT2D eigenvalue weighted by atomic mass is 14.6. The van der Waals surface area contributed by atoms with Crippen LogP contribution in [0.2, 0.25) is 0 Å². The molecule has 29 saturated carbocycles. The Bertz CT molecular complexity index is 3020. The largest absolute Gasteiger partial charge is 0.0533 e. The summed E-state index contributed by atoms with van der Waals surface area (Å²) in [5, 5.41) is 0. The van der Waals surface area contributed by atoms with E-state index in [1.807, 2.05) is 0 Å². The quantitative estimate of drug-likeness (QED) is 0.227. The van der Waals surface area contributed by atoms with Gasteiger partial charge in [0.25, 0.3) is 0 Å². The molecule has 34 unspecified atom stereocenters. The lowest BCUT2D eigenvalue weighted by Gasteiger charge is -2.57. The molecule has 0 aromatic heterocycles. The van der Waals surface area contributed by atoms with Crippen LogP contribution in [0.15, 0.2) is 0 Å². The van der Waals surface area contributed by atoms with E-state index in [1.54, 1.807) is 514 Å². The summed E-state index contributed by atoms with van der Waals surface area (Å²) < 4.78 is 0. The third-order valence-corrected chi connectivity index (χ3v) is 50.1. The highest BCUT2D eigenvalue weighted by Crippen LogP contribution is 2.66. The van der Waals surface area contributed by atoms with Crippen molar-refractivity contribution in [1.82, 2.24) is 0 Å². The highest BCUT2D eigenvalue weighted by molar-refractivity contribution is 5.06. The van der Waals surface area contributed by atoms with Crippen molar-refractivity contribution in [3.05, 3.63) is 0 Å². The third-order valence-electron chi connectivity index (χ3n) is 50.1. The molecule has 0 N–H and O–H groups in total. The first-order chi connectivity index (χ1) is 62.4. The second-order valence-electron chi connectivity index (χ2n) is 55.4. The van der Waals surface area contributed by atoms with E-state index in [2.05, 4.69) is 0 Å². The van der Waals surface area contributed by atoms with Gasteiger partial charge in [0.1, 0.15) is 0 Å². The smallest absolute Gasteiger partial charge is 0.0297 e. The molecule has 29 fully saturated rings. The van der Waals surface area contributed by atoms with Gasteiger partial charge >= 0.3 is 0 Å². The normalized spacial score (nSPS) is 49.1. The van der Waals surface area contributed by atoms with E-state index >= 15 is 0 Å². The fourth-order valence-electron chi connectivity index (χ4n) is 44.0. The van der Waals surface area contributed by atoms with Gasteiger partial charge in [0.2, 0.25) is 0 Å². The predicted molar refractivity (Wildman–Crippen MR) is 537 cm³/mol. The summed E-state index contributed by atoms with van der Waals surface area (Å²) >= 11 is 0. The number of hydrogen-bond donors (Lipinski definition) is 0. The third kappa shape index (κ3) is 21.7. The maximum atomic E-state index is 1.64. The van der Waals surface area contributed by atoms with Crippen molar-refractivity contribution >= 4 is 0 Å². The second-order valence-corrected chi connectivity index (χ2v) is 55.4. The van der Waals surface area contributed by atoms with Gasteiger partial charge in [0, 0.05) is 0 Å². The summed E-state index contributed by atoms with van der Waals surface area (Å²) in [5.74, 6) is 42.1. The Kier molecular flexibility index (Phi) is 32.6. The van der Waals surface area contributed by atoms with Gasteiger partial charge in [-0.2, -0.15) is 0 Å². The van der Waals surface area contributed by atoms with Crippen molar-refractivity contribution in [2.45, 2.75) is 565 Å². The van der Waals surface area contributed by atoms with Gasteiger partial charge in [0.15, 0.2) is 0 Å². The van der Waals surface area contributed by atoms with Crippen molar-refractivity contribution in [2.75, 3.05) is 0 Å². The fraction of sp³-hybridized carbons (Fsp3) is 1.00. The van der Waals surface area contributed by atoms with Crippen LogP contribution < -0.4 is 0 Å². The maximum absolute atomic E-state index is 1.64. The summed E-state index contributed by atoms with van der Waals surface area (Å²) in [6.45, 7) is 0. The molecule has 0 amide bonds. The fourth-order valence-corrected chi connectivity index (χ4v) is 44.0. The van der Waals surface area contributed by atoms with Gasteiger partial charge in [-0.1, -0.05) is 321 Å². The molecule has 34 atom stereocenters. The Morgan fingerprint density at radius 3 is 0.548 bits per heavy atom. The van der Waals surface area contributed by atoms with Crippen LogP contribution in [0, 0.1) is 224 Å². The number of fused-ring (bicyclic) bond motifs is 25. The van der Waals surface area contributed by atoms with Crippen molar-refractivity contribution < 1.29 is 0 Å². The molecule has 29 rings (SSSR count). The van der Waals surface area contributed by atoms with E-state index in [4.69, 9.17) is 0 Å². The molecular weight excluding hydrogens is 1510 g/mol. The molecule has 0 aliphatic heterocycles. The van der Waals surface area contributed by atoms with Crippen LogP contribution in [0.1, 0.15) is 565 Å². The van der Waals surface area contributed by atoms with Crippen LogP contribution >= 0.6 is 0 Å². The van der Waals surface area contributed by atoms with E-state index in [-0.39, 0.29) is 0 Å². The van der Waals surface area contributed by atoms with Crippen molar-refractivity contribution in [1.29, 1.82) is 0 Å². The van der Waals surface area contributed by atoms with Gasteiger partial charge in [0.05, 0.1) is 0 Å². The lowest BCUT2D eigenvalue weighted by Crippen LogP contribution is -2.49. The van der Waals surface area contributed by atoms with Crippen molar-refractivity contribution in [2.24, 2.45) is 224 Å². The minimum absolute atomic E-state index is 0.873. The Morgan fingerprint density at radius 2 is 0.254 bits per heavy atom. The zero-order valence-electron chi connectivity index (χ0n) is 84.0.